The molecule has 5 heteroatoms. The smallest absolute Gasteiger partial charge is 0.338 e. The van der Waals surface area contributed by atoms with Gasteiger partial charge in [-0.3, -0.25) is 4.79 Å². The fourth-order valence-electron chi connectivity index (χ4n) is 2.58. The van der Waals surface area contributed by atoms with E-state index in [2.05, 4.69) is 0 Å². The summed E-state index contributed by atoms with van der Waals surface area (Å²) in [5.41, 5.74) is 0.755. The number of Topliss-reactive ketones (excluding diaryl/α,β-unsaturated/α-hetero) is 1. The largest absolute Gasteiger partial charge is 0.497 e. The molecule has 142 valence electrons. The lowest BCUT2D eigenvalue weighted by Crippen LogP contribution is -2.24. The predicted octanol–water partition coefficient (Wildman–Crippen LogP) is 4.92. The normalized spacial score (nSPS) is 11.4. The molecule has 3 aromatic rings. The van der Waals surface area contributed by atoms with Crippen LogP contribution >= 0.6 is 0 Å². The molecule has 0 aliphatic rings. The molecule has 0 radical (unpaired) electrons. The number of carbonyl (C=O) groups excluding carboxylic acids is 2. The Kier molecular flexibility index (Phi) is 6.07. The molecule has 3 aromatic carbocycles. The van der Waals surface area contributed by atoms with Crippen molar-refractivity contribution in [3.05, 3.63) is 90.0 Å². The quantitative estimate of drug-likeness (QED) is 0.433. The molecule has 0 heterocycles. The Hall–Kier alpha value is -3.60. The molecule has 0 fully saturated rings. The van der Waals surface area contributed by atoms with Crippen LogP contribution in [0.5, 0.6) is 17.2 Å². The lowest BCUT2D eigenvalue weighted by Gasteiger charge is -2.13. The van der Waals surface area contributed by atoms with Gasteiger partial charge in [0, 0.05) is 5.56 Å². The minimum absolute atomic E-state index is 0.285. The van der Waals surface area contributed by atoms with Crippen molar-refractivity contribution in [3.63, 3.8) is 0 Å². The van der Waals surface area contributed by atoms with Crippen molar-refractivity contribution in [2.75, 3.05) is 7.11 Å². The van der Waals surface area contributed by atoms with E-state index in [4.69, 9.17) is 14.2 Å². The van der Waals surface area contributed by atoms with E-state index in [0.717, 1.165) is 0 Å². The van der Waals surface area contributed by atoms with Gasteiger partial charge in [0.2, 0.25) is 5.78 Å². The molecule has 0 aromatic heterocycles. The van der Waals surface area contributed by atoms with Crippen molar-refractivity contribution in [1.82, 2.24) is 0 Å². The highest BCUT2D eigenvalue weighted by molar-refractivity contribution is 6.01. The van der Waals surface area contributed by atoms with Crippen LogP contribution < -0.4 is 9.47 Å². The average Bonchev–Trinajstić information content (AvgIpc) is 2.74. The zero-order valence-corrected chi connectivity index (χ0v) is 15.6. The predicted molar refractivity (Wildman–Crippen MR) is 105 cm³/mol. The number of hydrogen-bond donors (Lipinski definition) is 0. The topological polar surface area (TPSA) is 61.8 Å². The minimum Gasteiger partial charge on any atom is -0.497 e. The maximum atomic E-state index is 12.5. The van der Waals surface area contributed by atoms with Crippen molar-refractivity contribution < 1.29 is 23.8 Å². The van der Waals surface area contributed by atoms with E-state index in [0.29, 0.717) is 28.4 Å². The van der Waals surface area contributed by atoms with Crippen LogP contribution in [-0.4, -0.2) is 25.0 Å². The summed E-state index contributed by atoms with van der Waals surface area (Å²) in [5, 5.41) is 0. The number of benzene rings is 3. The molecule has 3 rings (SSSR count). The molecule has 0 saturated heterocycles. The third-order valence-corrected chi connectivity index (χ3v) is 4.08. The average molecular weight is 376 g/mol. The van der Waals surface area contributed by atoms with Crippen molar-refractivity contribution in [1.29, 1.82) is 0 Å². The van der Waals surface area contributed by atoms with Crippen molar-refractivity contribution in [3.8, 4) is 17.2 Å². The SMILES string of the molecule is COc1ccc(C(=O)[C@H](C)OC(=O)c2cccc(Oc3ccccc3)c2)cc1. The van der Waals surface area contributed by atoms with E-state index in [1.165, 1.54) is 0 Å². The number of methoxy groups -OCH3 is 1. The van der Waals surface area contributed by atoms with Crippen LogP contribution in [0.3, 0.4) is 0 Å². The highest BCUT2D eigenvalue weighted by atomic mass is 16.5. The molecule has 28 heavy (non-hydrogen) atoms. The van der Waals surface area contributed by atoms with Gasteiger partial charge >= 0.3 is 5.97 Å². The summed E-state index contributed by atoms with van der Waals surface area (Å²) in [4.78, 5) is 24.9. The molecule has 0 aliphatic carbocycles. The van der Waals surface area contributed by atoms with Crippen LogP contribution in [0.4, 0.5) is 0 Å². The molecule has 1 atom stereocenters. The third-order valence-electron chi connectivity index (χ3n) is 4.08. The first-order valence-electron chi connectivity index (χ1n) is 8.79. The highest BCUT2D eigenvalue weighted by Crippen LogP contribution is 2.22. The monoisotopic (exact) mass is 376 g/mol. The molecule has 0 amide bonds. The van der Waals surface area contributed by atoms with E-state index < -0.39 is 12.1 Å². The Bertz CT molecular complexity index is 948. The van der Waals surface area contributed by atoms with Crippen LogP contribution in [0, 0.1) is 0 Å². The lowest BCUT2D eigenvalue weighted by molar-refractivity contribution is 0.0318. The second kappa shape index (κ2) is 8.86. The first-order valence-corrected chi connectivity index (χ1v) is 8.79. The van der Waals surface area contributed by atoms with Crippen molar-refractivity contribution >= 4 is 11.8 Å². The second-order valence-corrected chi connectivity index (χ2v) is 6.08. The van der Waals surface area contributed by atoms with Crippen LogP contribution in [0.15, 0.2) is 78.9 Å². The standard InChI is InChI=1S/C23H20O5/c1-16(22(24)17-11-13-19(26-2)14-12-17)27-23(25)18-7-6-10-21(15-18)28-20-8-4-3-5-9-20/h3-16H,1-2H3/t16-/m0/s1. The fourth-order valence-corrected chi connectivity index (χ4v) is 2.58. The number of esters is 1. The van der Waals surface area contributed by atoms with E-state index in [1.54, 1.807) is 62.6 Å². The summed E-state index contributed by atoms with van der Waals surface area (Å²) in [6.45, 7) is 1.55. The van der Waals surface area contributed by atoms with Crippen LogP contribution in [0.2, 0.25) is 0 Å². The van der Waals surface area contributed by atoms with Crippen LogP contribution in [0.25, 0.3) is 0 Å². The fraction of sp³-hybridized carbons (Fsp3) is 0.130. The summed E-state index contributed by atoms with van der Waals surface area (Å²) < 4.78 is 16.1. The summed E-state index contributed by atoms with van der Waals surface area (Å²) >= 11 is 0. The number of para-hydroxylation sites is 1. The number of ketones is 1. The number of rotatable bonds is 7. The first kappa shape index (κ1) is 19.2. The molecule has 5 nitrogen and oxygen atoms in total. The Balaban J connectivity index is 1.66. The summed E-state index contributed by atoms with van der Waals surface area (Å²) in [6.07, 6.45) is -0.917. The zero-order valence-electron chi connectivity index (χ0n) is 15.6. The Morgan fingerprint density at radius 1 is 0.750 bits per heavy atom. The second-order valence-electron chi connectivity index (χ2n) is 6.08. The van der Waals surface area contributed by atoms with Gasteiger partial charge in [-0.05, 0) is 61.5 Å². The summed E-state index contributed by atoms with van der Waals surface area (Å²) in [6, 6.07) is 22.5. The lowest BCUT2D eigenvalue weighted by atomic mass is 10.1. The van der Waals surface area contributed by atoms with E-state index in [9.17, 15) is 9.59 Å². The maximum absolute atomic E-state index is 12.5. The molecule has 0 unspecified atom stereocenters. The van der Waals surface area contributed by atoms with E-state index in [-0.39, 0.29) is 5.78 Å². The number of ether oxygens (including phenoxy) is 3. The molecule has 0 N–H and O–H groups in total. The van der Waals surface area contributed by atoms with Gasteiger partial charge in [0.05, 0.1) is 12.7 Å². The number of carbonyl (C=O) groups is 2. The van der Waals surface area contributed by atoms with Gasteiger partial charge in [-0.2, -0.15) is 0 Å². The molecule has 0 aliphatic heterocycles. The molecular weight excluding hydrogens is 356 g/mol. The van der Waals surface area contributed by atoms with Gasteiger partial charge in [0.15, 0.2) is 6.10 Å². The van der Waals surface area contributed by atoms with Gasteiger partial charge in [0.1, 0.15) is 17.2 Å². The third kappa shape index (κ3) is 4.76. The zero-order chi connectivity index (χ0) is 19.9. The Morgan fingerprint density at radius 3 is 2.11 bits per heavy atom. The molecule has 0 bridgehead atoms. The van der Waals surface area contributed by atoms with Gasteiger partial charge < -0.3 is 14.2 Å². The number of hydrogen-bond acceptors (Lipinski definition) is 5. The van der Waals surface area contributed by atoms with Gasteiger partial charge in [-0.1, -0.05) is 24.3 Å². The molecular formula is C23H20O5. The van der Waals surface area contributed by atoms with Crippen molar-refractivity contribution in [2.45, 2.75) is 13.0 Å². The summed E-state index contributed by atoms with van der Waals surface area (Å²) in [7, 11) is 1.55. The van der Waals surface area contributed by atoms with E-state index in [1.807, 2.05) is 30.3 Å². The Morgan fingerprint density at radius 2 is 1.43 bits per heavy atom. The Labute approximate surface area is 163 Å². The minimum atomic E-state index is -0.917. The molecule has 0 saturated carbocycles. The van der Waals surface area contributed by atoms with Gasteiger partial charge in [0.25, 0.3) is 0 Å². The van der Waals surface area contributed by atoms with E-state index >= 15 is 0 Å². The van der Waals surface area contributed by atoms with Crippen LogP contribution in [0.1, 0.15) is 27.6 Å². The molecule has 0 spiro atoms. The van der Waals surface area contributed by atoms with Gasteiger partial charge in [-0.15, -0.1) is 0 Å². The summed E-state index contributed by atoms with van der Waals surface area (Å²) in [5.74, 6) is 0.947. The highest BCUT2D eigenvalue weighted by Gasteiger charge is 2.20. The first-order chi connectivity index (χ1) is 13.6. The van der Waals surface area contributed by atoms with Crippen molar-refractivity contribution in [2.24, 2.45) is 0 Å². The van der Waals surface area contributed by atoms with Gasteiger partial charge in [-0.25, -0.2) is 4.79 Å². The van der Waals surface area contributed by atoms with Crippen LogP contribution in [-0.2, 0) is 4.74 Å². The maximum Gasteiger partial charge on any atom is 0.338 e.